The molecule has 1 aliphatic heterocycles. The molecule has 31 heavy (non-hydrogen) atoms. The molecule has 1 unspecified atom stereocenters. The van der Waals surface area contributed by atoms with E-state index in [0.29, 0.717) is 22.9 Å². The standard InChI is InChI=1S/C25H23BrN2O2S/c1-16(2)19-7-4-6-10-22(19)28-23(29)15-31-25(28)17-11-13-18(14-12-17)27-24(30)20-8-3-5-9-21(20)26/h3-14,16,25H,15H2,1-2H3,(H,27,30). The number of nitrogens with zero attached hydrogens (tertiary/aromatic N) is 1. The Morgan fingerprint density at radius 2 is 1.71 bits per heavy atom. The number of amides is 2. The van der Waals surface area contributed by atoms with E-state index < -0.39 is 0 Å². The van der Waals surface area contributed by atoms with E-state index in [9.17, 15) is 9.59 Å². The predicted octanol–water partition coefficient (Wildman–Crippen LogP) is 6.60. The maximum Gasteiger partial charge on any atom is 0.256 e. The van der Waals surface area contributed by atoms with Gasteiger partial charge in [0, 0.05) is 15.8 Å². The van der Waals surface area contributed by atoms with Gasteiger partial charge in [-0.15, -0.1) is 11.8 Å². The largest absolute Gasteiger partial charge is 0.322 e. The molecule has 6 heteroatoms. The molecule has 0 radical (unpaired) electrons. The van der Waals surface area contributed by atoms with E-state index in [4.69, 9.17) is 0 Å². The Bertz CT molecular complexity index is 1110. The summed E-state index contributed by atoms with van der Waals surface area (Å²) in [6.45, 7) is 4.29. The van der Waals surface area contributed by atoms with Crippen LogP contribution in [0.25, 0.3) is 0 Å². The van der Waals surface area contributed by atoms with Gasteiger partial charge in [-0.05, 0) is 63.3 Å². The highest BCUT2D eigenvalue weighted by Gasteiger charge is 2.35. The van der Waals surface area contributed by atoms with E-state index in [1.54, 1.807) is 17.8 Å². The summed E-state index contributed by atoms with van der Waals surface area (Å²) >= 11 is 5.04. The number of carbonyl (C=O) groups is 2. The molecule has 3 aromatic rings. The van der Waals surface area contributed by atoms with Gasteiger partial charge < -0.3 is 5.32 Å². The van der Waals surface area contributed by atoms with Crippen molar-refractivity contribution in [1.82, 2.24) is 0 Å². The van der Waals surface area contributed by atoms with Crippen molar-refractivity contribution in [2.75, 3.05) is 16.0 Å². The predicted molar refractivity (Wildman–Crippen MR) is 132 cm³/mol. The number of hydrogen-bond donors (Lipinski definition) is 1. The molecule has 2 amide bonds. The highest BCUT2D eigenvalue weighted by atomic mass is 79.9. The van der Waals surface area contributed by atoms with Crippen molar-refractivity contribution in [2.24, 2.45) is 0 Å². The smallest absolute Gasteiger partial charge is 0.256 e. The molecule has 1 heterocycles. The number of anilines is 2. The molecular weight excluding hydrogens is 472 g/mol. The van der Waals surface area contributed by atoms with Crippen molar-refractivity contribution < 1.29 is 9.59 Å². The first-order valence-corrected chi connectivity index (χ1v) is 12.0. The molecule has 0 spiro atoms. The van der Waals surface area contributed by atoms with Crippen LogP contribution in [0.2, 0.25) is 0 Å². The van der Waals surface area contributed by atoms with Gasteiger partial charge in [-0.2, -0.15) is 0 Å². The van der Waals surface area contributed by atoms with E-state index in [1.807, 2.05) is 65.6 Å². The molecule has 1 fully saturated rings. The first-order chi connectivity index (χ1) is 15.0. The number of hydrogen-bond acceptors (Lipinski definition) is 3. The van der Waals surface area contributed by atoms with Crippen LogP contribution in [0.15, 0.2) is 77.3 Å². The molecule has 0 bridgehead atoms. The summed E-state index contributed by atoms with van der Waals surface area (Å²) in [5.74, 6) is 0.732. The Kier molecular flexibility index (Phi) is 6.49. The summed E-state index contributed by atoms with van der Waals surface area (Å²) in [6, 6.07) is 23.2. The summed E-state index contributed by atoms with van der Waals surface area (Å²) < 4.78 is 0.754. The molecule has 4 rings (SSSR count). The molecular formula is C25H23BrN2O2S. The Morgan fingerprint density at radius 3 is 2.42 bits per heavy atom. The fourth-order valence-electron chi connectivity index (χ4n) is 3.70. The van der Waals surface area contributed by atoms with Crippen LogP contribution in [-0.2, 0) is 4.79 Å². The highest BCUT2D eigenvalue weighted by molar-refractivity contribution is 9.10. The molecule has 1 atom stereocenters. The zero-order valence-electron chi connectivity index (χ0n) is 17.3. The number of halogens is 1. The van der Waals surface area contributed by atoms with Crippen molar-refractivity contribution in [3.8, 4) is 0 Å². The normalized spacial score (nSPS) is 16.1. The van der Waals surface area contributed by atoms with Crippen LogP contribution in [0.3, 0.4) is 0 Å². The first kappa shape index (κ1) is 21.7. The molecule has 3 aromatic carbocycles. The van der Waals surface area contributed by atoms with Crippen LogP contribution in [0.5, 0.6) is 0 Å². The average Bonchev–Trinajstić information content (AvgIpc) is 3.15. The van der Waals surface area contributed by atoms with Crippen molar-refractivity contribution in [2.45, 2.75) is 25.1 Å². The van der Waals surface area contributed by atoms with Gasteiger partial charge in [0.1, 0.15) is 5.37 Å². The second-order valence-corrected chi connectivity index (χ2v) is 9.62. The minimum Gasteiger partial charge on any atom is -0.322 e. The van der Waals surface area contributed by atoms with Crippen molar-refractivity contribution in [3.63, 3.8) is 0 Å². The molecule has 1 saturated heterocycles. The lowest BCUT2D eigenvalue weighted by Gasteiger charge is -2.27. The van der Waals surface area contributed by atoms with Crippen molar-refractivity contribution in [1.29, 1.82) is 0 Å². The summed E-state index contributed by atoms with van der Waals surface area (Å²) in [4.78, 5) is 27.2. The zero-order valence-corrected chi connectivity index (χ0v) is 19.7. The first-order valence-electron chi connectivity index (χ1n) is 10.1. The van der Waals surface area contributed by atoms with Crippen LogP contribution in [-0.4, -0.2) is 17.6 Å². The van der Waals surface area contributed by atoms with E-state index in [1.165, 1.54) is 5.56 Å². The number of para-hydroxylation sites is 1. The molecule has 0 aliphatic carbocycles. The molecule has 1 N–H and O–H groups in total. The summed E-state index contributed by atoms with van der Waals surface area (Å²) in [5, 5.41) is 2.85. The van der Waals surface area contributed by atoms with Gasteiger partial charge in [0.25, 0.3) is 5.91 Å². The van der Waals surface area contributed by atoms with Crippen LogP contribution in [0.4, 0.5) is 11.4 Å². The monoisotopic (exact) mass is 494 g/mol. The third kappa shape index (κ3) is 4.55. The van der Waals surface area contributed by atoms with Gasteiger partial charge in [0.05, 0.1) is 11.3 Å². The lowest BCUT2D eigenvalue weighted by atomic mass is 10.00. The van der Waals surface area contributed by atoms with Gasteiger partial charge in [-0.3, -0.25) is 14.5 Å². The van der Waals surface area contributed by atoms with Crippen LogP contribution < -0.4 is 10.2 Å². The maximum absolute atomic E-state index is 12.8. The van der Waals surface area contributed by atoms with E-state index in [-0.39, 0.29) is 17.2 Å². The van der Waals surface area contributed by atoms with E-state index in [0.717, 1.165) is 15.7 Å². The van der Waals surface area contributed by atoms with Gasteiger partial charge in [-0.25, -0.2) is 0 Å². The van der Waals surface area contributed by atoms with Gasteiger partial charge >= 0.3 is 0 Å². The van der Waals surface area contributed by atoms with Crippen LogP contribution >= 0.6 is 27.7 Å². The number of benzene rings is 3. The fourth-order valence-corrected chi connectivity index (χ4v) is 5.34. The van der Waals surface area contributed by atoms with Gasteiger partial charge in [-0.1, -0.05) is 56.3 Å². The minimum atomic E-state index is -0.168. The van der Waals surface area contributed by atoms with Crippen LogP contribution in [0.1, 0.15) is 46.6 Å². The second-order valence-electron chi connectivity index (χ2n) is 7.70. The third-order valence-electron chi connectivity index (χ3n) is 5.26. The van der Waals surface area contributed by atoms with Crippen molar-refractivity contribution >= 4 is 50.9 Å². The van der Waals surface area contributed by atoms with E-state index in [2.05, 4.69) is 41.2 Å². The molecule has 0 saturated carbocycles. The molecule has 158 valence electrons. The lowest BCUT2D eigenvalue weighted by Crippen LogP contribution is -2.29. The number of thioether (sulfide) groups is 1. The van der Waals surface area contributed by atoms with Gasteiger partial charge in [0.2, 0.25) is 5.91 Å². The lowest BCUT2D eigenvalue weighted by molar-refractivity contribution is -0.115. The Morgan fingerprint density at radius 1 is 1.03 bits per heavy atom. The number of nitrogens with one attached hydrogen (secondary N) is 1. The number of rotatable bonds is 5. The Balaban J connectivity index is 1.57. The summed E-state index contributed by atoms with van der Waals surface area (Å²) in [5.41, 5.74) is 4.48. The zero-order chi connectivity index (χ0) is 22.0. The summed E-state index contributed by atoms with van der Waals surface area (Å²) in [7, 11) is 0. The summed E-state index contributed by atoms with van der Waals surface area (Å²) in [6.07, 6.45) is 0. The molecule has 0 aromatic heterocycles. The average molecular weight is 495 g/mol. The SMILES string of the molecule is CC(C)c1ccccc1N1C(=O)CSC1c1ccc(NC(=O)c2ccccc2Br)cc1. The maximum atomic E-state index is 12.8. The highest BCUT2D eigenvalue weighted by Crippen LogP contribution is 2.44. The quantitative estimate of drug-likeness (QED) is 0.434. The Hall–Kier alpha value is -2.57. The van der Waals surface area contributed by atoms with Gasteiger partial charge in [0.15, 0.2) is 0 Å². The molecule has 4 nitrogen and oxygen atoms in total. The fraction of sp³-hybridized carbons (Fsp3) is 0.200. The number of carbonyl (C=O) groups excluding carboxylic acids is 2. The molecule has 1 aliphatic rings. The van der Waals surface area contributed by atoms with Crippen molar-refractivity contribution in [3.05, 3.63) is 94.0 Å². The topological polar surface area (TPSA) is 49.4 Å². The second kappa shape index (κ2) is 9.28. The third-order valence-corrected chi connectivity index (χ3v) is 7.16. The van der Waals surface area contributed by atoms with Crippen LogP contribution in [0, 0.1) is 0 Å². The Labute approximate surface area is 195 Å². The van der Waals surface area contributed by atoms with E-state index >= 15 is 0 Å². The minimum absolute atomic E-state index is 0.0829.